The average Bonchev–Trinajstić information content (AvgIpc) is 2.94. The normalized spacial score (nSPS) is 17.3. The zero-order chi connectivity index (χ0) is 28.8. The lowest BCUT2D eigenvalue weighted by Crippen LogP contribution is -2.60. The van der Waals surface area contributed by atoms with E-state index in [4.69, 9.17) is 15.0 Å². The van der Waals surface area contributed by atoms with E-state index in [0.29, 0.717) is 5.65 Å². The summed E-state index contributed by atoms with van der Waals surface area (Å²) in [5.41, 5.74) is 4.61. The minimum absolute atomic E-state index is 0.507. The summed E-state index contributed by atoms with van der Waals surface area (Å²) in [5, 5.41) is 11.1. The van der Waals surface area contributed by atoms with E-state index in [-0.39, 0.29) is 0 Å². The van der Waals surface area contributed by atoms with Crippen molar-refractivity contribution in [1.29, 1.82) is 0 Å². The van der Waals surface area contributed by atoms with Gasteiger partial charge >= 0.3 is 6.09 Å². The number of fused-ring (bicyclic) bond motifs is 1. The molecule has 212 valence electrons. The maximum absolute atomic E-state index is 12.4. The summed E-state index contributed by atoms with van der Waals surface area (Å²) in [5.74, 6) is 0.717. The summed E-state index contributed by atoms with van der Waals surface area (Å²) in [6.07, 6.45) is 3.67. The van der Waals surface area contributed by atoms with Gasteiger partial charge in [0.2, 0.25) is 5.95 Å². The van der Waals surface area contributed by atoms with Crippen LogP contribution in [0.15, 0.2) is 66.9 Å². The Labute approximate surface area is 241 Å². The number of rotatable bonds is 5. The van der Waals surface area contributed by atoms with E-state index in [2.05, 4.69) is 59.3 Å². The van der Waals surface area contributed by atoms with E-state index >= 15 is 0 Å². The van der Waals surface area contributed by atoms with Gasteiger partial charge in [0.1, 0.15) is 0 Å². The molecule has 8 heteroatoms. The lowest BCUT2D eigenvalue weighted by atomic mass is 9.69. The molecule has 6 rings (SSSR count). The molecule has 2 fully saturated rings. The van der Waals surface area contributed by atoms with Crippen LogP contribution in [-0.4, -0.2) is 74.7 Å². The summed E-state index contributed by atoms with van der Waals surface area (Å²) in [7, 11) is 2.14. The van der Waals surface area contributed by atoms with Gasteiger partial charge in [0, 0.05) is 54.4 Å². The Balaban J connectivity index is 1.43. The van der Waals surface area contributed by atoms with Crippen LogP contribution < -0.4 is 4.90 Å². The van der Waals surface area contributed by atoms with Crippen LogP contribution in [0, 0.1) is 0 Å². The number of benzene rings is 2. The fourth-order valence-corrected chi connectivity index (χ4v) is 6.37. The van der Waals surface area contributed by atoms with Crippen molar-refractivity contribution in [3.63, 3.8) is 0 Å². The molecule has 2 aliphatic rings. The molecule has 4 aromatic rings. The van der Waals surface area contributed by atoms with Crippen LogP contribution in [0.3, 0.4) is 0 Å². The Morgan fingerprint density at radius 2 is 1.61 bits per heavy atom. The Bertz CT molecular complexity index is 1550. The molecule has 8 nitrogen and oxygen atoms in total. The van der Waals surface area contributed by atoms with Gasteiger partial charge in [-0.15, -0.1) is 0 Å². The molecule has 0 unspecified atom stereocenters. The molecule has 0 radical (unpaired) electrons. The molecule has 1 saturated heterocycles. The van der Waals surface area contributed by atoms with E-state index < -0.39 is 17.2 Å². The summed E-state index contributed by atoms with van der Waals surface area (Å²) in [6, 6.07) is 20.8. The summed E-state index contributed by atoms with van der Waals surface area (Å²) < 4.78 is 0. The molecule has 0 spiro atoms. The molecule has 2 aromatic heterocycles. The molecule has 1 saturated carbocycles. The Kier molecular flexibility index (Phi) is 6.90. The second-order valence-electron chi connectivity index (χ2n) is 12.4. The molecule has 1 amide bonds. The highest BCUT2D eigenvalue weighted by Crippen LogP contribution is 2.49. The first-order chi connectivity index (χ1) is 19.7. The Morgan fingerprint density at radius 1 is 0.927 bits per heavy atom. The average molecular weight is 551 g/mol. The molecule has 2 aromatic carbocycles. The maximum atomic E-state index is 12.4. The fraction of sp³-hybridized carbons (Fsp3) is 0.394. The molecule has 1 N–H and O–H groups in total. The molecule has 3 heterocycles. The number of amides is 1. The lowest BCUT2D eigenvalue weighted by molar-refractivity contribution is -0.0328. The van der Waals surface area contributed by atoms with Crippen LogP contribution >= 0.6 is 0 Å². The van der Waals surface area contributed by atoms with Gasteiger partial charge in [-0.25, -0.2) is 14.8 Å². The van der Waals surface area contributed by atoms with Crippen molar-refractivity contribution in [3.05, 3.63) is 72.4 Å². The van der Waals surface area contributed by atoms with Gasteiger partial charge in [-0.3, -0.25) is 4.90 Å². The number of aromatic nitrogens is 3. The predicted octanol–water partition coefficient (Wildman–Crippen LogP) is 6.27. The molecule has 1 aliphatic heterocycles. The van der Waals surface area contributed by atoms with Crippen molar-refractivity contribution in [2.24, 2.45) is 0 Å². The van der Waals surface area contributed by atoms with E-state index in [0.717, 1.165) is 84.7 Å². The maximum Gasteiger partial charge on any atom is 0.408 e. The quantitative estimate of drug-likeness (QED) is 0.314. The predicted molar refractivity (Wildman–Crippen MR) is 163 cm³/mol. The summed E-state index contributed by atoms with van der Waals surface area (Å²) in [6.45, 7) is 9.66. The third-order valence-electron chi connectivity index (χ3n) is 8.59. The first-order valence-electron chi connectivity index (χ1n) is 14.5. The standard InChI is InChI=1S/C33H38N6O2/c1-32(2,3)39(31(40)41)33(15-8-16-33)26-13-11-24(12-14-26)28-27(23-9-6-5-7-10-23)21-25-22-34-30(36-29(25)35-28)38-19-17-37(4)18-20-38/h5-7,9-14,21-22H,8,15-20H2,1-4H3,(H,40,41). The number of hydrogen-bond donors (Lipinski definition) is 1. The third kappa shape index (κ3) is 5.01. The SMILES string of the molecule is CN1CCN(c2ncc3cc(-c4ccccc4)c(-c4ccc(C5(N(C(=O)O)C(C)(C)C)CCC5)cc4)nc3n2)CC1. The van der Waals surface area contributed by atoms with E-state index in [9.17, 15) is 9.90 Å². The third-order valence-corrected chi connectivity index (χ3v) is 8.59. The molecule has 0 bridgehead atoms. The van der Waals surface area contributed by atoms with Crippen LogP contribution in [0.5, 0.6) is 0 Å². The fourth-order valence-electron chi connectivity index (χ4n) is 6.37. The van der Waals surface area contributed by atoms with Crippen molar-refractivity contribution in [3.8, 4) is 22.4 Å². The van der Waals surface area contributed by atoms with E-state index in [1.54, 1.807) is 4.90 Å². The van der Waals surface area contributed by atoms with Gasteiger partial charge < -0.3 is 14.9 Å². The highest BCUT2D eigenvalue weighted by Gasteiger charge is 2.50. The molecular formula is C33H38N6O2. The number of hydrogen-bond acceptors (Lipinski definition) is 6. The largest absolute Gasteiger partial charge is 0.465 e. The summed E-state index contributed by atoms with van der Waals surface area (Å²) in [4.78, 5) is 33.4. The van der Waals surface area contributed by atoms with Gasteiger partial charge in [-0.05, 0) is 64.3 Å². The summed E-state index contributed by atoms with van der Waals surface area (Å²) >= 11 is 0. The van der Waals surface area contributed by atoms with Gasteiger partial charge in [0.05, 0.1) is 11.2 Å². The Morgan fingerprint density at radius 3 is 2.20 bits per heavy atom. The van der Waals surface area contributed by atoms with Gasteiger partial charge in [0.15, 0.2) is 5.65 Å². The van der Waals surface area contributed by atoms with Gasteiger partial charge in [-0.2, -0.15) is 4.98 Å². The van der Waals surface area contributed by atoms with Crippen LogP contribution in [0.25, 0.3) is 33.4 Å². The number of carbonyl (C=O) groups is 1. The number of pyridine rings is 1. The van der Waals surface area contributed by atoms with Crippen molar-refractivity contribution in [2.75, 3.05) is 38.1 Å². The number of piperazine rings is 1. The molecule has 41 heavy (non-hydrogen) atoms. The van der Waals surface area contributed by atoms with Crippen molar-refractivity contribution < 1.29 is 9.90 Å². The van der Waals surface area contributed by atoms with Crippen LogP contribution in [0.1, 0.15) is 45.6 Å². The van der Waals surface area contributed by atoms with Gasteiger partial charge in [0.25, 0.3) is 0 Å². The number of anilines is 1. The van der Waals surface area contributed by atoms with E-state index in [1.807, 2.05) is 45.2 Å². The highest BCUT2D eigenvalue weighted by molar-refractivity contribution is 5.90. The van der Waals surface area contributed by atoms with Crippen molar-refractivity contribution in [2.45, 2.75) is 51.1 Å². The second kappa shape index (κ2) is 10.4. The minimum Gasteiger partial charge on any atom is -0.465 e. The van der Waals surface area contributed by atoms with Gasteiger partial charge in [-0.1, -0.05) is 54.6 Å². The monoisotopic (exact) mass is 550 g/mol. The zero-order valence-electron chi connectivity index (χ0n) is 24.3. The van der Waals surface area contributed by atoms with Crippen molar-refractivity contribution in [1.82, 2.24) is 24.8 Å². The number of nitrogens with zero attached hydrogens (tertiary/aromatic N) is 6. The topological polar surface area (TPSA) is 85.7 Å². The number of carboxylic acid groups (broad SMARTS) is 1. The number of likely N-dealkylation sites (N-methyl/N-ethyl adjacent to an activating group) is 1. The van der Waals surface area contributed by atoms with E-state index in [1.165, 1.54) is 0 Å². The first-order valence-corrected chi connectivity index (χ1v) is 14.5. The molecular weight excluding hydrogens is 512 g/mol. The first kappa shape index (κ1) is 27.1. The highest BCUT2D eigenvalue weighted by atomic mass is 16.4. The second-order valence-corrected chi connectivity index (χ2v) is 12.4. The van der Waals surface area contributed by atoms with Crippen LogP contribution in [0.4, 0.5) is 10.7 Å². The van der Waals surface area contributed by atoms with Crippen LogP contribution in [-0.2, 0) is 5.54 Å². The van der Waals surface area contributed by atoms with Crippen LogP contribution in [0.2, 0.25) is 0 Å². The molecule has 0 atom stereocenters. The minimum atomic E-state index is -0.875. The zero-order valence-corrected chi connectivity index (χ0v) is 24.3. The smallest absolute Gasteiger partial charge is 0.408 e. The van der Waals surface area contributed by atoms with Crippen molar-refractivity contribution >= 4 is 23.1 Å². The molecule has 1 aliphatic carbocycles. The Hall–Kier alpha value is -4.04. The lowest BCUT2D eigenvalue weighted by Gasteiger charge is -2.54.